The molecule has 5 heteroatoms. The number of likely N-dealkylation sites (tertiary alicyclic amines) is 1. The molecule has 0 unspecified atom stereocenters. The first-order valence-electron chi connectivity index (χ1n) is 8.64. The summed E-state index contributed by atoms with van der Waals surface area (Å²) in [5.41, 5.74) is 1.65. The van der Waals surface area contributed by atoms with Crippen molar-refractivity contribution in [3.05, 3.63) is 42.1 Å². The molecule has 0 radical (unpaired) electrons. The van der Waals surface area contributed by atoms with Crippen molar-refractivity contribution in [3.8, 4) is 0 Å². The molecule has 24 heavy (non-hydrogen) atoms. The van der Waals surface area contributed by atoms with E-state index >= 15 is 0 Å². The molecule has 1 aromatic carbocycles. The average molecular weight is 327 g/mol. The fourth-order valence-electron chi connectivity index (χ4n) is 3.40. The lowest BCUT2D eigenvalue weighted by Crippen LogP contribution is -2.45. The summed E-state index contributed by atoms with van der Waals surface area (Å²) < 4.78 is 0. The van der Waals surface area contributed by atoms with Gasteiger partial charge in [0.25, 0.3) is 5.91 Å². The molecule has 0 bridgehead atoms. The van der Waals surface area contributed by atoms with E-state index in [4.69, 9.17) is 5.11 Å². The minimum Gasteiger partial charge on any atom is -0.396 e. The van der Waals surface area contributed by atoms with Gasteiger partial charge in [-0.3, -0.25) is 9.78 Å². The fourth-order valence-corrected chi connectivity index (χ4v) is 3.40. The van der Waals surface area contributed by atoms with Crippen LogP contribution in [0, 0.1) is 0 Å². The molecule has 1 aliphatic rings. The number of aliphatic hydroxyl groups excluding tert-OH is 1. The van der Waals surface area contributed by atoms with E-state index in [2.05, 4.69) is 16.9 Å². The number of piperidine rings is 1. The number of amides is 1. The number of carbonyl (C=O) groups is 1. The van der Waals surface area contributed by atoms with Gasteiger partial charge >= 0.3 is 0 Å². The number of benzene rings is 1. The first kappa shape index (κ1) is 16.9. The Kier molecular flexibility index (Phi) is 5.43. The Morgan fingerprint density at radius 1 is 1.33 bits per heavy atom. The highest BCUT2D eigenvalue weighted by Crippen LogP contribution is 2.20. The van der Waals surface area contributed by atoms with E-state index < -0.39 is 0 Å². The maximum Gasteiger partial charge on any atom is 0.253 e. The molecule has 1 N–H and O–H groups in total. The standard InChI is InChI=1S/C19H25N3O2/c1-21(10-3-13-23)17-7-11-22(12-8-17)19(24)16-5-6-18-15(14-16)4-2-9-20-18/h2,4-6,9,14,17,23H,3,7-8,10-13H2,1H3. The lowest BCUT2D eigenvalue weighted by atomic mass is 10.0. The van der Waals surface area contributed by atoms with E-state index in [1.54, 1.807) is 6.20 Å². The van der Waals surface area contributed by atoms with Crippen LogP contribution in [0.5, 0.6) is 0 Å². The molecule has 1 fully saturated rings. The minimum absolute atomic E-state index is 0.109. The first-order chi connectivity index (χ1) is 11.7. The van der Waals surface area contributed by atoms with Gasteiger partial charge in [-0.1, -0.05) is 6.07 Å². The molecule has 2 aromatic rings. The molecule has 128 valence electrons. The van der Waals surface area contributed by atoms with Crippen molar-refractivity contribution in [1.82, 2.24) is 14.8 Å². The smallest absolute Gasteiger partial charge is 0.253 e. The Morgan fingerprint density at radius 2 is 2.12 bits per heavy atom. The third kappa shape index (κ3) is 3.74. The summed E-state index contributed by atoms with van der Waals surface area (Å²) >= 11 is 0. The summed E-state index contributed by atoms with van der Waals surface area (Å²) in [6, 6.07) is 10.1. The number of hydrogen-bond donors (Lipinski definition) is 1. The lowest BCUT2D eigenvalue weighted by molar-refractivity contribution is 0.0641. The molecule has 1 aliphatic heterocycles. The fraction of sp³-hybridized carbons (Fsp3) is 0.474. The molecule has 1 amide bonds. The van der Waals surface area contributed by atoms with Crippen LogP contribution in [0.15, 0.2) is 36.5 Å². The van der Waals surface area contributed by atoms with Crippen molar-refractivity contribution >= 4 is 16.8 Å². The van der Waals surface area contributed by atoms with Gasteiger partial charge in [-0.25, -0.2) is 0 Å². The normalized spacial score (nSPS) is 16.0. The molecular formula is C19H25N3O2. The summed E-state index contributed by atoms with van der Waals surface area (Å²) in [4.78, 5) is 21.3. The molecule has 0 saturated carbocycles. The van der Waals surface area contributed by atoms with Crippen molar-refractivity contribution in [3.63, 3.8) is 0 Å². The summed E-state index contributed by atoms with van der Waals surface area (Å²) in [7, 11) is 2.11. The van der Waals surface area contributed by atoms with Gasteiger partial charge in [-0.15, -0.1) is 0 Å². The maximum atomic E-state index is 12.8. The molecule has 1 saturated heterocycles. The van der Waals surface area contributed by atoms with Crippen molar-refractivity contribution in [1.29, 1.82) is 0 Å². The third-order valence-corrected chi connectivity index (χ3v) is 4.89. The van der Waals surface area contributed by atoms with Crippen LogP contribution in [-0.2, 0) is 0 Å². The number of nitrogens with zero attached hydrogens (tertiary/aromatic N) is 3. The molecule has 5 nitrogen and oxygen atoms in total. The topological polar surface area (TPSA) is 56.7 Å². The van der Waals surface area contributed by atoms with Gasteiger partial charge < -0.3 is 14.9 Å². The minimum atomic E-state index is 0.109. The van der Waals surface area contributed by atoms with E-state index in [1.165, 1.54) is 0 Å². The van der Waals surface area contributed by atoms with E-state index in [-0.39, 0.29) is 12.5 Å². The number of aromatic nitrogens is 1. The number of pyridine rings is 1. The highest BCUT2D eigenvalue weighted by Gasteiger charge is 2.25. The number of aliphatic hydroxyl groups is 1. The Morgan fingerprint density at radius 3 is 2.88 bits per heavy atom. The maximum absolute atomic E-state index is 12.8. The second-order valence-corrected chi connectivity index (χ2v) is 6.49. The zero-order valence-corrected chi connectivity index (χ0v) is 14.2. The number of carbonyl (C=O) groups excluding carboxylic acids is 1. The third-order valence-electron chi connectivity index (χ3n) is 4.89. The van der Waals surface area contributed by atoms with Gasteiger partial charge in [0.05, 0.1) is 5.52 Å². The van der Waals surface area contributed by atoms with Crippen molar-refractivity contribution < 1.29 is 9.90 Å². The molecule has 0 atom stereocenters. The van der Waals surface area contributed by atoms with E-state index in [1.807, 2.05) is 35.2 Å². The number of rotatable bonds is 5. The first-order valence-corrected chi connectivity index (χ1v) is 8.64. The predicted molar refractivity (Wildman–Crippen MR) is 95.0 cm³/mol. The summed E-state index contributed by atoms with van der Waals surface area (Å²) in [6.45, 7) is 2.72. The zero-order valence-electron chi connectivity index (χ0n) is 14.2. The molecule has 0 aliphatic carbocycles. The Balaban J connectivity index is 1.62. The van der Waals surface area contributed by atoms with Crippen LogP contribution in [0.25, 0.3) is 10.9 Å². The van der Waals surface area contributed by atoms with Crippen molar-refractivity contribution in [2.45, 2.75) is 25.3 Å². The van der Waals surface area contributed by atoms with Gasteiger partial charge in [-0.2, -0.15) is 0 Å². The van der Waals surface area contributed by atoms with Crippen LogP contribution in [-0.4, -0.2) is 65.1 Å². The quantitative estimate of drug-likeness (QED) is 0.914. The van der Waals surface area contributed by atoms with Crippen LogP contribution < -0.4 is 0 Å². The number of fused-ring (bicyclic) bond motifs is 1. The lowest BCUT2D eigenvalue weighted by Gasteiger charge is -2.36. The Bertz CT molecular complexity index is 696. The van der Waals surface area contributed by atoms with E-state index in [0.29, 0.717) is 6.04 Å². The molecule has 2 heterocycles. The van der Waals surface area contributed by atoms with Gasteiger partial charge in [0.15, 0.2) is 0 Å². The van der Waals surface area contributed by atoms with Crippen LogP contribution in [0.2, 0.25) is 0 Å². The number of hydrogen-bond acceptors (Lipinski definition) is 4. The Hall–Kier alpha value is -1.98. The van der Waals surface area contributed by atoms with Gasteiger partial charge in [0, 0.05) is 49.4 Å². The molecule has 0 spiro atoms. The summed E-state index contributed by atoms with van der Waals surface area (Å²) in [5.74, 6) is 0.109. The summed E-state index contributed by atoms with van der Waals surface area (Å²) in [6.07, 6.45) is 4.55. The molecular weight excluding hydrogens is 302 g/mol. The SMILES string of the molecule is CN(CCCO)C1CCN(C(=O)c2ccc3ncccc3c2)CC1. The highest BCUT2D eigenvalue weighted by atomic mass is 16.3. The average Bonchev–Trinajstić information content (AvgIpc) is 2.65. The van der Waals surface area contributed by atoms with Crippen LogP contribution in [0.4, 0.5) is 0 Å². The second-order valence-electron chi connectivity index (χ2n) is 6.49. The van der Waals surface area contributed by atoms with Crippen LogP contribution in [0.3, 0.4) is 0 Å². The van der Waals surface area contributed by atoms with Crippen LogP contribution >= 0.6 is 0 Å². The second kappa shape index (κ2) is 7.73. The highest BCUT2D eigenvalue weighted by molar-refractivity contribution is 5.98. The van der Waals surface area contributed by atoms with Crippen molar-refractivity contribution in [2.75, 3.05) is 33.3 Å². The van der Waals surface area contributed by atoms with Gasteiger partial charge in [-0.05, 0) is 50.6 Å². The van der Waals surface area contributed by atoms with Crippen molar-refractivity contribution in [2.24, 2.45) is 0 Å². The van der Waals surface area contributed by atoms with Crippen LogP contribution in [0.1, 0.15) is 29.6 Å². The zero-order chi connectivity index (χ0) is 16.9. The Labute approximate surface area is 142 Å². The van der Waals surface area contributed by atoms with E-state index in [9.17, 15) is 4.79 Å². The monoisotopic (exact) mass is 327 g/mol. The largest absolute Gasteiger partial charge is 0.396 e. The predicted octanol–water partition coefficient (Wildman–Crippen LogP) is 2.15. The van der Waals surface area contributed by atoms with E-state index in [0.717, 1.165) is 55.4 Å². The van der Waals surface area contributed by atoms with Gasteiger partial charge in [0.2, 0.25) is 0 Å². The molecule has 3 rings (SSSR count). The van der Waals surface area contributed by atoms with Gasteiger partial charge in [0.1, 0.15) is 0 Å². The molecule has 1 aromatic heterocycles. The summed E-state index contributed by atoms with van der Waals surface area (Å²) in [5, 5.41) is 9.95.